The molecular weight excluding hydrogens is 340 g/mol. The number of hydrogen-bond donors (Lipinski definition) is 0. The number of thiazole rings is 2. The summed E-state index contributed by atoms with van der Waals surface area (Å²) in [6.07, 6.45) is 0.819. The minimum Gasteiger partial charge on any atom is -0.246 e. The monoisotopic (exact) mass is 350 g/mol. The van der Waals surface area contributed by atoms with E-state index in [-0.39, 0.29) is 0 Å². The molecule has 2 aromatic heterocycles. The van der Waals surface area contributed by atoms with Crippen LogP contribution in [0.25, 0.3) is 11.3 Å². The molecule has 0 aliphatic heterocycles. The lowest BCUT2D eigenvalue weighted by atomic mass is 10.2. The van der Waals surface area contributed by atoms with E-state index in [1.807, 2.05) is 25.1 Å². The zero-order valence-electron chi connectivity index (χ0n) is 10.3. The van der Waals surface area contributed by atoms with Gasteiger partial charge in [-0.2, -0.15) is 0 Å². The molecule has 0 amide bonds. The molecule has 96 valence electrons. The van der Waals surface area contributed by atoms with Gasteiger partial charge in [-0.25, -0.2) is 9.97 Å². The van der Waals surface area contributed by atoms with Gasteiger partial charge in [0, 0.05) is 27.2 Å². The van der Waals surface area contributed by atoms with Crippen LogP contribution in [0.2, 0.25) is 0 Å². The average Bonchev–Trinajstić information content (AvgIpc) is 3.00. The Bertz CT molecular complexity index is 703. The standard InChI is InChI=1S/C14H11BrN2S2/c1-9-16-10(7-18-9)6-14-17-13(8-19-14)11-4-2-3-5-12(11)15/h2-5,7-8H,6H2,1H3. The number of aromatic nitrogens is 2. The molecule has 19 heavy (non-hydrogen) atoms. The van der Waals surface area contributed by atoms with Gasteiger partial charge >= 0.3 is 0 Å². The van der Waals surface area contributed by atoms with E-state index >= 15 is 0 Å². The van der Waals surface area contributed by atoms with Gasteiger partial charge in [0.1, 0.15) is 0 Å². The molecule has 1 aromatic carbocycles. The van der Waals surface area contributed by atoms with Gasteiger partial charge < -0.3 is 0 Å². The highest BCUT2D eigenvalue weighted by Crippen LogP contribution is 2.29. The summed E-state index contributed by atoms with van der Waals surface area (Å²) >= 11 is 6.94. The van der Waals surface area contributed by atoms with Gasteiger partial charge in [-0.15, -0.1) is 22.7 Å². The zero-order chi connectivity index (χ0) is 13.2. The van der Waals surface area contributed by atoms with Gasteiger partial charge in [-0.3, -0.25) is 0 Å². The van der Waals surface area contributed by atoms with Gasteiger partial charge in [-0.1, -0.05) is 34.1 Å². The highest BCUT2D eigenvalue weighted by atomic mass is 79.9. The van der Waals surface area contributed by atoms with Crippen LogP contribution in [0.1, 0.15) is 15.7 Å². The molecule has 0 aliphatic rings. The summed E-state index contributed by atoms with van der Waals surface area (Å²) in [6.45, 7) is 2.03. The first-order valence-electron chi connectivity index (χ1n) is 5.82. The molecule has 0 spiro atoms. The quantitative estimate of drug-likeness (QED) is 0.669. The fourth-order valence-electron chi connectivity index (χ4n) is 1.83. The molecular formula is C14H11BrN2S2. The van der Waals surface area contributed by atoms with Crippen LogP contribution in [0.4, 0.5) is 0 Å². The molecule has 5 heteroatoms. The maximum atomic E-state index is 4.70. The third-order valence-corrected chi connectivity index (χ3v) is 5.06. The van der Waals surface area contributed by atoms with Crippen molar-refractivity contribution in [2.75, 3.05) is 0 Å². The predicted molar refractivity (Wildman–Crippen MR) is 84.9 cm³/mol. The summed E-state index contributed by atoms with van der Waals surface area (Å²) in [5.41, 5.74) is 3.27. The summed E-state index contributed by atoms with van der Waals surface area (Å²) in [6, 6.07) is 8.16. The summed E-state index contributed by atoms with van der Waals surface area (Å²) in [5, 5.41) is 6.43. The van der Waals surface area contributed by atoms with Crippen molar-refractivity contribution >= 4 is 38.6 Å². The molecule has 0 aliphatic carbocycles. The van der Waals surface area contributed by atoms with E-state index in [2.05, 4.69) is 37.7 Å². The Hall–Kier alpha value is -1.04. The molecule has 2 nitrogen and oxygen atoms in total. The fraction of sp³-hybridized carbons (Fsp3) is 0.143. The normalized spacial score (nSPS) is 10.8. The fourth-order valence-corrected chi connectivity index (χ4v) is 3.74. The van der Waals surface area contributed by atoms with Gasteiger partial charge in [0.05, 0.1) is 21.4 Å². The third kappa shape index (κ3) is 2.94. The molecule has 0 bridgehead atoms. The molecule has 0 N–H and O–H groups in total. The van der Waals surface area contributed by atoms with E-state index < -0.39 is 0 Å². The minimum absolute atomic E-state index is 0.819. The Kier molecular flexibility index (Phi) is 3.77. The zero-order valence-corrected chi connectivity index (χ0v) is 13.5. The Morgan fingerprint density at radius 1 is 1.11 bits per heavy atom. The van der Waals surface area contributed by atoms with Gasteiger partial charge in [0.2, 0.25) is 0 Å². The Morgan fingerprint density at radius 2 is 1.95 bits per heavy atom. The van der Waals surface area contributed by atoms with Crippen molar-refractivity contribution in [2.24, 2.45) is 0 Å². The van der Waals surface area contributed by atoms with Crippen molar-refractivity contribution < 1.29 is 0 Å². The molecule has 3 rings (SSSR count). The Balaban J connectivity index is 1.86. The van der Waals surface area contributed by atoms with Crippen molar-refractivity contribution in [3.05, 3.63) is 55.2 Å². The topological polar surface area (TPSA) is 25.8 Å². The molecule has 2 heterocycles. The van der Waals surface area contributed by atoms with Crippen LogP contribution >= 0.6 is 38.6 Å². The van der Waals surface area contributed by atoms with E-state index in [1.54, 1.807) is 22.7 Å². The molecule has 0 unspecified atom stereocenters. The predicted octanol–water partition coefficient (Wildman–Crippen LogP) is 4.93. The van der Waals surface area contributed by atoms with Crippen LogP contribution < -0.4 is 0 Å². The summed E-state index contributed by atoms with van der Waals surface area (Å²) in [4.78, 5) is 9.18. The van der Waals surface area contributed by atoms with Crippen molar-refractivity contribution in [3.63, 3.8) is 0 Å². The molecule has 0 saturated carbocycles. The summed E-state index contributed by atoms with van der Waals surface area (Å²) in [5.74, 6) is 0. The second kappa shape index (κ2) is 5.53. The molecule has 0 radical (unpaired) electrons. The van der Waals surface area contributed by atoms with Crippen LogP contribution in [-0.4, -0.2) is 9.97 Å². The van der Waals surface area contributed by atoms with E-state index in [0.29, 0.717) is 0 Å². The number of aryl methyl sites for hydroxylation is 1. The van der Waals surface area contributed by atoms with Crippen LogP contribution in [0.3, 0.4) is 0 Å². The molecule has 0 fully saturated rings. The van der Waals surface area contributed by atoms with E-state index in [1.165, 1.54) is 0 Å². The van der Waals surface area contributed by atoms with Gasteiger partial charge in [-0.05, 0) is 13.0 Å². The number of rotatable bonds is 3. The lowest BCUT2D eigenvalue weighted by molar-refractivity contribution is 1.06. The van der Waals surface area contributed by atoms with Gasteiger partial charge in [0.15, 0.2) is 0 Å². The highest BCUT2D eigenvalue weighted by molar-refractivity contribution is 9.10. The highest BCUT2D eigenvalue weighted by Gasteiger charge is 2.09. The van der Waals surface area contributed by atoms with E-state index in [9.17, 15) is 0 Å². The van der Waals surface area contributed by atoms with Crippen molar-refractivity contribution in [2.45, 2.75) is 13.3 Å². The maximum Gasteiger partial charge on any atom is 0.0992 e. The molecule has 0 atom stereocenters. The lowest BCUT2D eigenvalue weighted by Crippen LogP contribution is -1.88. The van der Waals surface area contributed by atoms with Crippen LogP contribution in [0.5, 0.6) is 0 Å². The first kappa shape index (κ1) is 13.0. The number of hydrogen-bond acceptors (Lipinski definition) is 4. The van der Waals surface area contributed by atoms with E-state index in [0.717, 1.165) is 37.9 Å². The average molecular weight is 351 g/mol. The number of nitrogens with zero attached hydrogens (tertiary/aromatic N) is 2. The Morgan fingerprint density at radius 3 is 2.68 bits per heavy atom. The number of halogens is 1. The SMILES string of the molecule is Cc1nc(Cc2nc(-c3ccccc3Br)cs2)cs1. The third-order valence-electron chi connectivity index (χ3n) is 2.70. The van der Waals surface area contributed by atoms with Gasteiger partial charge in [0.25, 0.3) is 0 Å². The first-order valence-corrected chi connectivity index (χ1v) is 8.38. The summed E-state index contributed by atoms with van der Waals surface area (Å²) in [7, 11) is 0. The summed E-state index contributed by atoms with van der Waals surface area (Å²) < 4.78 is 1.08. The second-order valence-electron chi connectivity index (χ2n) is 4.14. The first-order chi connectivity index (χ1) is 9.22. The smallest absolute Gasteiger partial charge is 0.0992 e. The Labute approximate surface area is 128 Å². The van der Waals surface area contributed by atoms with Crippen molar-refractivity contribution in [1.82, 2.24) is 9.97 Å². The molecule has 0 saturated heterocycles. The van der Waals surface area contributed by atoms with Crippen LogP contribution in [-0.2, 0) is 6.42 Å². The van der Waals surface area contributed by atoms with Crippen molar-refractivity contribution in [3.8, 4) is 11.3 Å². The molecule has 3 aromatic rings. The van der Waals surface area contributed by atoms with Crippen LogP contribution in [0.15, 0.2) is 39.5 Å². The van der Waals surface area contributed by atoms with Crippen LogP contribution in [0, 0.1) is 6.92 Å². The number of benzene rings is 1. The second-order valence-corrected chi connectivity index (χ2v) is 7.00. The minimum atomic E-state index is 0.819. The van der Waals surface area contributed by atoms with Crippen molar-refractivity contribution in [1.29, 1.82) is 0 Å². The lowest BCUT2D eigenvalue weighted by Gasteiger charge is -1.99. The maximum absolute atomic E-state index is 4.70. The van der Waals surface area contributed by atoms with E-state index in [4.69, 9.17) is 4.98 Å². The largest absolute Gasteiger partial charge is 0.246 e.